The van der Waals surface area contributed by atoms with Crippen molar-refractivity contribution >= 4 is 23.1 Å². The van der Waals surface area contributed by atoms with Gasteiger partial charge in [-0.2, -0.15) is 0 Å². The number of carbonyl (C=O) groups excluding carboxylic acids is 2. The van der Waals surface area contributed by atoms with Crippen molar-refractivity contribution in [2.45, 2.75) is 24.9 Å². The van der Waals surface area contributed by atoms with E-state index >= 15 is 0 Å². The second kappa shape index (κ2) is 5.85. The van der Waals surface area contributed by atoms with Crippen molar-refractivity contribution in [2.75, 3.05) is 13.1 Å². The van der Waals surface area contributed by atoms with Crippen molar-refractivity contribution in [2.24, 2.45) is 0 Å². The first-order valence-corrected chi connectivity index (χ1v) is 7.41. The minimum absolute atomic E-state index is 0.0427. The van der Waals surface area contributed by atoms with Crippen LogP contribution >= 0.6 is 0 Å². The Kier molecular flexibility index (Phi) is 3.90. The topological polar surface area (TPSA) is 70.5 Å². The zero-order chi connectivity index (χ0) is 15.6. The van der Waals surface area contributed by atoms with E-state index in [1.54, 1.807) is 17.2 Å². The number of carbonyl (C=O) groups is 2. The van der Waals surface area contributed by atoms with Crippen LogP contribution in [0.2, 0.25) is 0 Å². The van der Waals surface area contributed by atoms with E-state index in [1.165, 1.54) is 0 Å². The molecular weight excluding hydrogens is 280 g/mol. The molecule has 1 aromatic carbocycles. The van der Waals surface area contributed by atoms with Gasteiger partial charge in [-0.15, -0.1) is 0 Å². The Morgan fingerprint density at radius 1 is 1.32 bits per heavy atom. The number of benzene rings is 1. The monoisotopic (exact) mass is 298 g/mol. The third kappa shape index (κ3) is 2.85. The minimum atomic E-state index is -0.953. The number of aldehydes is 1. The molecule has 1 amide bonds. The van der Waals surface area contributed by atoms with Crippen LogP contribution in [0.4, 0.5) is 0 Å². The Hall–Kier alpha value is -2.27. The normalized spacial score (nSPS) is 17.4. The summed E-state index contributed by atoms with van der Waals surface area (Å²) in [5.41, 5.74) is 0.533. The highest BCUT2D eigenvalue weighted by atomic mass is 16.3. The summed E-state index contributed by atoms with van der Waals surface area (Å²) < 4.78 is 0. The fourth-order valence-electron chi connectivity index (χ4n) is 2.88. The van der Waals surface area contributed by atoms with E-state index in [0.717, 1.165) is 17.2 Å². The summed E-state index contributed by atoms with van der Waals surface area (Å²) in [6.07, 6.45) is 3.48. The quantitative estimate of drug-likeness (QED) is 0.877. The summed E-state index contributed by atoms with van der Waals surface area (Å²) in [6, 6.07) is 9.24. The Labute approximate surface area is 128 Å². The van der Waals surface area contributed by atoms with Crippen molar-refractivity contribution in [3.63, 3.8) is 0 Å². The first-order chi connectivity index (χ1) is 10.6. The molecule has 22 heavy (non-hydrogen) atoms. The van der Waals surface area contributed by atoms with E-state index < -0.39 is 5.60 Å². The fourth-order valence-corrected chi connectivity index (χ4v) is 2.88. The van der Waals surface area contributed by atoms with Gasteiger partial charge < -0.3 is 14.8 Å². The van der Waals surface area contributed by atoms with Crippen LogP contribution in [-0.4, -0.2) is 45.9 Å². The van der Waals surface area contributed by atoms with E-state index in [0.29, 0.717) is 31.5 Å². The van der Waals surface area contributed by atoms with E-state index in [2.05, 4.69) is 4.98 Å². The fraction of sp³-hybridized carbons (Fsp3) is 0.353. The van der Waals surface area contributed by atoms with Gasteiger partial charge in [-0.3, -0.25) is 9.78 Å². The van der Waals surface area contributed by atoms with Crippen molar-refractivity contribution in [1.82, 2.24) is 9.88 Å². The molecule has 2 heterocycles. The van der Waals surface area contributed by atoms with Crippen LogP contribution < -0.4 is 0 Å². The molecule has 1 saturated heterocycles. The molecule has 0 unspecified atom stereocenters. The van der Waals surface area contributed by atoms with E-state index in [1.807, 2.05) is 24.3 Å². The third-order valence-corrected chi connectivity index (χ3v) is 4.29. The smallest absolute Gasteiger partial charge is 0.253 e. The van der Waals surface area contributed by atoms with Crippen LogP contribution in [0.1, 0.15) is 29.6 Å². The van der Waals surface area contributed by atoms with Gasteiger partial charge >= 0.3 is 0 Å². The highest BCUT2D eigenvalue weighted by molar-refractivity contribution is 5.98. The van der Waals surface area contributed by atoms with Crippen LogP contribution in [0.5, 0.6) is 0 Å². The van der Waals surface area contributed by atoms with Crippen molar-refractivity contribution in [3.05, 3.63) is 42.1 Å². The molecule has 114 valence electrons. The van der Waals surface area contributed by atoms with E-state index in [9.17, 15) is 14.7 Å². The molecule has 0 saturated carbocycles. The number of piperidine rings is 1. The lowest BCUT2D eigenvalue weighted by Gasteiger charge is -2.37. The number of nitrogens with zero attached hydrogens (tertiary/aromatic N) is 2. The largest absolute Gasteiger partial charge is 0.389 e. The average Bonchev–Trinajstić information content (AvgIpc) is 2.54. The molecule has 1 fully saturated rings. The van der Waals surface area contributed by atoms with E-state index in [-0.39, 0.29) is 12.3 Å². The molecule has 2 aromatic rings. The van der Waals surface area contributed by atoms with Gasteiger partial charge in [-0.1, -0.05) is 6.07 Å². The number of pyridine rings is 1. The molecule has 3 rings (SSSR count). The van der Waals surface area contributed by atoms with Gasteiger partial charge in [-0.25, -0.2) is 0 Å². The Morgan fingerprint density at radius 3 is 2.82 bits per heavy atom. The first-order valence-electron chi connectivity index (χ1n) is 7.41. The van der Waals surface area contributed by atoms with Gasteiger partial charge in [-0.05, 0) is 37.1 Å². The second-order valence-corrected chi connectivity index (χ2v) is 5.80. The number of likely N-dealkylation sites (tertiary alicyclic amines) is 1. The number of aliphatic hydroxyl groups is 1. The maximum absolute atomic E-state index is 12.6. The zero-order valence-corrected chi connectivity index (χ0v) is 12.2. The predicted octanol–water partition coefficient (Wildman–Crippen LogP) is 1.79. The highest BCUT2D eigenvalue weighted by Gasteiger charge is 2.33. The van der Waals surface area contributed by atoms with Crippen LogP contribution in [0.15, 0.2) is 36.5 Å². The Morgan fingerprint density at radius 2 is 2.09 bits per heavy atom. The third-order valence-electron chi connectivity index (χ3n) is 4.29. The first kappa shape index (κ1) is 14.7. The van der Waals surface area contributed by atoms with Gasteiger partial charge in [0.25, 0.3) is 5.91 Å². The van der Waals surface area contributed by atoms with E-state index in [4.69, 9.17) is 0 Å². The Balaban J connectivity index is 1.75. The molecule has 1 N–H and O–H groups in total. The predicted molar refractivity (Wildman–Crippen MR) is 82.5 cm³/mol. The van der Waals surface area contributed by atoms with Gasteiger partial charge in [0.15, 0.2) is 0 Å². The van der Waals surface area contributed by atoms with Gasteiger partial charge in [0.1, 0.15) is 6.29 Å². The summed E-state index contributed by atoms with van der Waals surface area (Å²) in [4.78, 5) is 29.1. The summed E-state index contributed by atoms with van der Waals surface area (Å²) in [5, 5.41) is 11.1. The number of amides is 1. The van der Waals surface area contributed by atoms with Crippen LogP contribution in [0, 0.1) is 0 Å². The molecule has 5 heteroatoms. The number of aromatic nitrogens is 1. The molecular formula is C17H18N2O3. The summed E-state index contributed by atoms with van der Waals surface area (Å²) in [5.74, 6) is -0.0427. The molecule has 1 aliphatic heterocycles. The summed E-state index contributed by atoms with van der Waals surface area (Å²) in [6.45, 7) is 0.933. The number of hydrogen-bond acceptors (Lipinski definition) is 4. The highest BCUT2D eigenvalue weighted by Crippen LogP contribution is 2.26. The number of rotatable bonds is 3. The number of hydrogen-bond donors (Lipinski definition) is 1. The molecule has 5 nitrogen and oxygen atoms in total. The van der Waals surface area contributed by atoms with Crippen molar-refractivity contribution < 1.29 is 14.7 Å². The van der Waals surface area contributed by atoms with Gasteiger partial charge in [0, 0.05) is 36.7 Å². The molecule has 0 atom stereocenters. The lowest BCUT2D eigenvalue weighted by atomic mass is 9.88. The van der Waals surface area contributed by atoms with Gasteiger partial charge in [0.05, 0.1) is 11.1 Å². The Bertz CT molecular complexity index is 706. The van der Waals surface area contributed by atoms with Crippen LogP contribution in [0.3, 0.4) is 0 Å². The molecule has 0 spiro atoms. The zero-order valence-electron chi connectivity index (χ0n) is 12.2. The van der Waals surface area contributed by atoms with Crippen LogP contribution in [0.25, 0.3) is 10.9 Å². The lowest BCUT2D eigenvalue weighted by molar-refractivity contribution is -0.114. The molecule has 1 aromatic heterocycles. The SMILES string of the molecule is O=CCC1(O)CCN(C(=O)c2ccc3ncccc3c2)CC1. The van der Waals surface area contributed by atoms with Crippen molar-refractivity contribution in [3.8, 4) is 0 Å². The molecule has 0 radical (unpaired) electrons. The lowest BCUT2D eigenvalue weighted by Crippen LogP contribution is -2.46. The van der Waals surface area contributed by atoms with Crippen LogP contribution in [-0.2, 0) is 4.79 Å². The molecule has 1 aliphatic rings. The molecule has 0 bridgehead atoms. The average molecular weight is 298 g/mol. The summed E-state index contributed by atoms with van der Waals surface area (Å²) >= 11 is 0. The van der Waals surface area contributed by atoms with Gasteiger partial charge in [0.2, 0.25) is 0 Å². The standard InChI is InChI=1S/C17H18N2O3/c20-11-7-17(22)5-9-19(10-6-17)16(21)14-3-4-15-13(12-14)2-1-8-18-15/h1-4,8,11-12,22H,5-7,9-10H2. The summed E-state index contributed by atoms with van der Waals surface area (Å²) in [7, 11) is 0. The number of fused-ring (bicyclic) bond motifs is 1. The van der Waals surface area contributed by atoms with Crippen molar-refractivity contribution in [1.29, 1.82) is 0 Å². The minimum Gasteiger partial charge on any atom is -0.389 e. The molecule has 0 aliphatic carbocycles. The second-order valence-electron chi connectivity index (χ2n) is 5.80. The maximum atomic E-state index is 12.6. The maximum Gasteiger partial charge on any atom is 0.253 e.